The first-order valence-corrected chi connectivity index (χ1v) is 10.9. The van der Waals surface area contributed by atoms with Crippen LogP contribution < -0.4 is 16.0 Å². The fraction of sp³-hybridized carbons (Fsp3) is 0.810. The summed E-state index contributed by atoms with van der Waals surface area (Å²) in [6, 6.07) is -2.08. The van der Waals surface area contributed by atoms with Crippen LogP contribution in [0.2, 0.25) is 0 Å². The number of alkyl carbamates (subject to hydrolysis) is 1. The monoisotopic (exact) mass is 425 g/mol. The molecule has 9 heteroatoms. The Bertz CT molecular complexity index is 639. The number of ether oxygens (including phenoxy) is 1. The van der Waals surface area contributed by atoms with Gasteiger partial charge in [-0.1, -0.05) is 32.1 Å². The molecule has 1 unspecified atom stereocenters. The van der Waals surface area contributed by atoms with Crippen LogP contribution in [-0.2, 0) is 19.1 Å². The summed E-state index contributed by atoms with van der Waals surface area (Å²) in [5, 5.41) is 17.4. The maximum atomic E-state index is 12.9. The van der Waals surface area contributed by atoms with Crippen molar-refractivity contribution in [2.45, 2.75) is 89.8 Å². The van der Waals surface area contributed by atoms with Crippen LogP contribution in [0.4, 0.5) is 4.79 Å². The number of carbonyl (C=O) groups excluding carboxylic acids is 3. The minimum absolute atomic E-state index is 0.0233. The van der Waals surface area contributed by atoms with Crippen LogP contribution in [0.15, 0.2) is 0 Å². The summed E-state index contributed by atoms with van der Waals surface area (Å²) >= 11 is 0. The number of nitrogens with one attached hydrogen (secondary N) is 3. The van der Waals surface area contributed by atoms with Crippen molar-refractivity contribution in [2.24, 2.45) is 11.8 Å². The van der Waals surface area contributed by atoms with E-state index in [0.717, 1.165) is 32.1 Å². The minimum Gasteiger partial charge on any atom is -0.480 e. The molecule has 9 nitrogen and oxygen atoms in total. The van der Waals surface area contributed by atoms with Crippen molar-refractivity contribution >= 4 is 23.9 Å². The van der Waals surface area contributed by atoms with Gasteiger partial charge in [-0.25, -0.2) is 9.59 Å². The fourth-order valence-electron chi connectivity index (χ4n) is 4.09. The number of aliphatic carboxylic acids is 1. The highest BCUT2D eigenvalue weighted by atomic mass is 16.6. The lowest BCUT2D eigenvalue weighted by Gasteiger charge is -2.28. The van der Waals surface area contributed by atoms with Crippen LogP contribution in [-0.4, -0.2) is 53.2 Å². The largest absolute Gasteiger partial charge is 0.480 e. The van der Waals surface area contributed by atoms with Gasteiger partial charge in [0.05, 0.1) is 0 Å². The van der Waals surface area contributed by atoms with Gasteiger partial charge in [0.15, 0.2) is 0 Å². The maximum Gasteiger partial charge on any atom is 0.408 e. The number of rotatable bonds is 8. The summed E-state index contributed by atoms with van der Waals surface area (Å²) in [6.45, 7) is 5.70. The molecule has 0 aromatic carbocycles. The second-order valence-electron chi connectivity index (χ2n) is 9.35. The quantitative estimate of drug-likeness (QED) is 0.470. The molecular formula is C21H35N3O6. The average Bonchev–Trinajstić information content (AvgIpc) is 3.04. The molecule has 2 rings (SSSR count). The van der Waals surface area contributed by atoms with Gasteiger partial charge in [-0.15, -0.1) is 0 Å². The summed E-state index contributed by atoms with van der Waals surface area (Å²) in [5.74, 6) is -2.11. The van der Waals surface area contributed by atoms with Crippen molar-refractivity contribution < 1.29 is 29.0 Å². The highest BCUT2D eigenvalue weighted by Gasteiger charge is 2.34. The summed E-state index contributed by atoms with van der Waals surface area (Å²) < 4.78 is 5.28. The third-order valence-electron chi connectivity index (χ3n) is 5.60. The van der Waals surface area contributed by atoms with Crippen LogP contribution in [0.5, 0.6) is 0 Å². The van der Waals surface area contributed by atoms with Gasteiger partial charge in [0, 0.05) is 12.5 Å². The van der Waals surface area contributed by atoms with E-state index in [1.54, 1.807) is 20.8 Å². The molecule has 170 valence electrons. The third kappa shape index (κ3) is 7.84. The van der Waals surface area contributed by atoms with Gasteiger partial charge < -0.3 is 25.8 Å². The molecule has 0 aromatic rings. The molecule has 0 radical (unpaired) electrons. The van der Waals surface area contributed by atoms with E-state index in [9.17, 15) is 24.3 Å². The molecule has 2 fully saturated rings. The van der Waals surface area contributed by atoms with Crippen molar-refractivity contribution in [2.75, 3.05) is 6.54 Å². The molecule has 3 amide bonds. The molecule has 1 aliphatic carbocycles. The molecule has 0 bridgehead atoms. The van der Waals surface area contributed by atoms with Crippen molar-refractivity contribution in [3.63, 3.8) is 0 Å². The Balaban J connectivity index is 2.05. The van der Waals surface area contributed by atoms with E-state index in [0.29, 0.717) is 19.4 Å². The minimum atomic E-state index is -1.20. The Labute approximate surface area is 177 Å². The molecule has 1 saturated carbocycles. The van der Waals surface area contributed by atoms with Crippen molar-refractivity contribution in [1.82, 2.24) is 16.0 Å². The topological polar surface area (TPSA) is 134 Å². The second kappa shape index (κ2) is 10.6. The van der Waals surface area contributed by atoms with Crippen LogP contribution in [0, 0.1) is 11.8 Å². The van der Waals surface area contributed by atoms with E-state index in [1.165, 1.54) is 0 Å². The van der Waals surface area contributed by atoms with E-state index in [-0.39, 0.29) is 18.2 Å². The number of carbonyl (C=O) groups is 4. The Morgan fingerprint density at radius 2 is 1.73 bits per heavy atom. The van der Waals surface area contributed by atoms with Crippen molar-refractivity contribution in [3.05, 3.63) is 0 Å². The number of carboxylic acid groups (broad SMARTS) is 1. The second-order valence-corrected chi connectivity index (χ2v) is 9.35. The maximum absolute atomic E-state index is 12.9. The lowest BCUT2D eigenvalue weighted by molar-refractivity contribution is -0.143. The van der Waals surface area contributed by atoms with Crippen LogP contribution in [0.25, 0.3) is 0 Å². The first-order valence-electron chi connectivity index (χ1n) is 10.9. The predicted octanol–water partition coefficient (Wildman–Crippen LogP) is 1.95. The lowest BCUT2D eigenvalue weighted by atomic mass is 9.84. The van der Waals surface area contributed by atoms with Crippen LogP contribution in [0.1, 0.15) is 72.1 Å². The van der Waals surface area contributed by atoms with E-state index in [2.05, 4.69) is 16.0 Å². The smallest absolute Gasteiger partial charge is 0.408 e. The Morgan fingerprint density at radius 1 is 1.07 bits per heavy atom. The summed E-state index contributed by atoms with van der Waals surface area (Å²) in [4.78, 5) is 48.7. The first-order chi connectivity index (χ1) is 14.0. The molecule has 4 N–H and O–H groups in total. The molecule has 1 saturated heterocycles. The van der Waals surface area contributed by atoms with Gasteiger partial charge >= 0.3 is 12.1 Å². The molecule has 2 aliphatic rings. The van der Waals surface area contributed by atoms with E-state index in [4.69, 9.17) is 4.74 Å². The predicted molar refractivity (Wildman–Crippen MR) is 110 cm³/mol. The molecular weight excluding hydrogens is 390 g/mol. The summed E-state index contributed by atoms with van der Waals surface area (Å²) in [6.07, 6.45) is 5.57. The summed E-state index contributed by atoms with van der Waals surface area (Å²) in [5.41, 5.74) is -0.713. The molecule has 1 aliphatic heterocycles. The first kappa shape index (κ1) is 24.0. The highest BCUT2D eigenvalue weighted by molar-refractivity contribution is 5.90. The Morgan fingerprint density at radius 3 is 2.27 bits per heavy atom. The number of carboxylic acids is 1. The number of hydrogen-bond donors (Lipinski definition) is 4. The zero-order valence-corrected chi connectivity index (χ0v) is 18.2. The van der Waals surface area contributed by atoms with Crippen LogP contribution in [0.3, 0.4) is 0 Å². The summed E-state index contributed by atoms with van der Waals surface area (Å²) in [7, 11) is 0. The lowest BCUT2D eigenvalue weighted by Crippen LogP contribution is -2.53. The van der Waals surface area contributed by atoms with Gasteiger partial charge in [-0.3, -0.25) is 9.59 Å². The van der Waals surface area contributed by atoms with Gasteiger partial charge in [-0.05, 0) is 46.0 Å². The highest BCUT2D eigenvalue weighted by Crippen LogP contribution is 2.27. The molecule has 3 atom stereocenters. The Kier molecular flexibility index (Phi) is 8.49. The normalized spacial score (nSPS) is 22.0. The van der Waals surface area contributed by atoms with Crippen molar-refractivity contribution in [3.8, 4) is 0 Å². The van der Waals surface area contributed by atoms with Gasteiger partial charge in [-0.2, -0.15) is 0 Å². The van der Waals surface area contributed by atoms with E-state index in [1.807, 2.05) is 0 Å². The molecule has 0 aromatic heterocycles. The average molecular weight is 426 g/mol. The fourth-order valence-corrected chi connectivity index (χ4v) is 4.09. The van der Waals surface area contributed by atoms with Gasteiger partial charge in [0.2, 0.25) is 11.8 Å². The Hall–Kier alpha value is -2.32. The third-order valence-corrected chi connectivity index (χ3v) is 5.60. The number of amides is 3. The van der Waals surface area contributed by atoms with Crippen LogP contribution >= 0.6 is 0 Å². The zero-order chi connectivity index (χ0) is 22.3. The molecule has 1 heterocycles. The van der Waals surface area contributed by atoms with E-state index < -0.39 is 41.6 Å². The SMILES string of the molecule is CC(C)(C)OC(=O)N[C@@H](CC1CCCCC1)C(=O)NC(C[C@@H]1CCNC1=O)C(=O)O. The zero-order valence-electron chi connectivity index (χ0n) is 18.2. The van der Waals surface area contributed by atoms with Gasteiger partial charge in [0.25, 0.3) is 0 Å². The standard InChI is InChI=1S/C21H35N3O6/c1-21(2,3)30-20(29)24-15(11-13-7-5-4-6-8-13)18(26)23-16(19(27)28)12-14-9-10-22-17(14)25/h13-16H,4-12H2,1-3H3,(H,22,25)(H,23,26)(H,24,29)(H,27,28)/t14-,15-,16?/m0/s1. The molecule has 30 heavy (non-hydrogen) atoms. The van der Waals surface area contributed by atoms with E-state index >= 15 is 0 Å². The molecule has 0 spiro atoms. The van der Waals surface area contributed by atoms with Crippen molar-refractivity contribution in [1.29, 1.82) is 0 Å². The van der Waals surface area contributed by atoms with Gasteiger partial charge in [0.1, 0.15) is 17.7 Å². The number of hydrogen-bond acceptors (Lipinski definition) is 5.